The van der Waals surface area contributed by atoms with Gasteiger partial charge in [0.05, 0.1) is 27.7 Å². The average Bonchev–Trinajstić information content (AvgIpc) is 2.63. The van der Waals surface area contributed by atoms with E-state index in [9.17, 15) is 9.46 Å². The van der Waals surface area contributed by atoms with Crippen molar-refractivity contribution in [3.63, 3.8) is 0 Å². The first-order chi connectivity index (χ1) is 13.8. The van der Waals surface area contributed by atoms with Crippen molar-refractivity contribution in [2.75, 3.05) is 40.9 Å². The highest BCUT2D eigenvalue weighted by Crippen LogP contribution is 2.43. The van der Waals surface area contributed by atoms with E-state index in [1.807, 2.05) is 27.2 Å². The molecule has 0 saturated heterocycles. The summed E-state index contributed by atoms with van der Waals surface area (Å²) in [6.07, 6.45) is 21.1. The second kappa shape index (κ2) is 18.6. The molecule has 0 aromatic heterocycles. The predicted molar refractivity (Wildman–Crippen MR) is 124 cm³/mol. The molecule has 0 bridgehead atoms. The Morgan fingerprint density at radius 2 is 1.10 bits per heavy atom. The zero-order valence-corrected chi connectivity index (χ0v) is 20.5. The molecule has 1 N–H and O–H groups in total. The first-order valence-corrected chi connectivity index (χ1v) is 13.3. The lowest BCUT2D eigenvalue weighted by Gasteiger charge is -2.24. The van der Waals surface area contributed by atoms with Crippen molar-refractivity contribution in [2.45, 2.75) is 96.3 Å². The summed E-state index contributed by atoms with van der Waals surface area (Å²) >= 11 is 0. The third kappa shape index (κ3) is 24.0. The Balaban J connectivity index is 3.29. The molecule has 0 aliphatic heterocycles. The number of allylic oxidation sites excluding steroid dienone is 1. The first kappa shape index (κ1) is 28.8. The molecule has 0 aromatic rings. The molecule has 0 aliphatic carbocycles. The normalized spacial score (nSPS) is 14.1. The Bertz CT molecular complexity index is 424. The molecule has 0 spiro atoms. The van der Waals surface area contributed by atoms with Crippen LogP contribution < -0.4 is 0 Å². The van der Waals surface area contributed by atoms with Gasteiger partial charge in [-0.3, -0.25) is 9.05 Å². The third-order valence-electron chi connectivity index (χ3n) is 5.07. The molecule has 0 heterocycles. The minimum Gasteiger partial charge on any atom is -0.329 e. The maximum Gasteiger partial charge on any atom is 0.472 e. The van der Waals surface area contributed by atoms with Gasteiger partial charge in [0.15, 0.2) is 0 Å². The van der Waals surface area contributed by atoms with Crippen LogP contribution in [0.2, 0.25) is 0 Å². The second-order valence-electron chi connectivity index (χ2n) is 9.18. The molecule has 0 radical (unpaired) electrons. The van der Waals surface area contributed by atoms with Gasteiger partial charge in [-0.2, -0.15) is 0 Å². The topological polar surface area (TPSA) is 55.8 Å². The molecule has 0 aromatic carbocycles. The number of quaternary nitrogens is 1. The van der Waals surface area contributed by atoms with E-state index >= 15 is 0 Å². The number of phosphoric acid groups is 1. The van der Waals surface area contributed by atoms with Crippen LogP contribution in [-0.2, 0) is 13.6 Å². The van der Waals surface area contributed by atoms with Crippen LogP contribution in [0.4, 0.5) is 0 Å². The van der Waals surface area contributed by atoms with Gasteiger partial charge in [0.1, 0.15) is 13.2 Å². The van der Waals surface area contributed by atoms with Gasteiger partial charge in [-0.05, 0) is 19.3 Å². The monoisotopic (exact) mass is 434 g/mol. The summed E-state index contributed by atoms with van der Waals surface area (Å²) in [6.45, 7) is 4.96. The standard InChI is InChI=1S/C23H48NO4P/c1-5-6-7-8-9-10-11-12-13-14-15-16-17-18-19-20-22-27-29(25,26)28-23-21-24(2,3)4/h5H,1,6-23H2,2-4H3/p+1. The molecule has 6 heteroatoms. The molecule has 0 amide bonds. The third-order valence-corrected chi connectivity index (χ3v) is 6.09. The fourth-order valence-electron chi connectivity index (χ4n) is 3.16. The lowest BCUT2D eigenvalue weighted by Crippen LogP contribution is -2.37. The van der Waals surface area contributed by atoms with Crippen LogP contribution in [-0.4, -0.2) is 50.3 Å². The zero-order valence-electron chi connectivity index (χ0n) is 19.6. The Labute approximate surface area is 181 Å². The Hall–Kier alpha value is -0.190. The van der Waals surface area contributed by atoms with Gasteiger partial charge in [0, 0.05) is 0 Å². The van der Waals surface area contributed by atoms with Crippen LogP contribution in [0.15, 0.2) is 12.7 Å². The fraction of sp³-hybridized carbons (Fsp3) is 0.913. The van der Waals surface area contributed by atoms with Gasteiger partial charge in [-0.25, -0.2) is 4.57 Å². The Morgan fingerprint density at radius 3 is 1.52 bits per heavy atom. The summed E-state index contributed by atoms with van der Waals surface area (Å²) in [7, 11) is 2.16. The number of rotatable bonds is 22. The van der Waals surface area contributed by atoms with Crippen molar-refractivity contribution in [3.05, 3.63) is 12.7 Å². The minimum absolute atomic E-state index is 0.229. The molecular formula is C23H49NO4P+. The van der Waals surface area contributed by atoms with Crippen molar-refractivity contribution in [2.24, 2.45) is 0 Å². The van der Waals surface area contributed by atoms with E-state index in [0.29, 0.717) is 17.6 Å². The van der Waals surface area contributed by atoms with Crippen LogP contribution in [0.5, 0.6) is 0 Å². The van der Waals surface area contributed by atoms with Crippen molar-refractivity contribution in [1.29, 1.82) is 0 Å². The van der Waals surface area contributed by atoms with Gasteiger partial charge in [0.2, 0.25) is 0 Å². The summed E-state index contributed by atoms with van der Waals surface area (Å²) in [5, 5.41) is 0. The van der Waals surface area contributed by atoms with E-state index in [1.165, 1.54) is 83.5 Å². The molecule has 1 unspecified atom stereocenters. The average molecular weight is 435 g/mol. The number of hydrogen-bond donors (Lipinski definition) is 1. The molecule has 1 atom stereocenters. The number of hydrogen-bond acceptors (Lipinski definition) is 3. The van der Waals surface area contributed by atoms with Gasteiger partial charge < -0.3 is 9.38 Å². The second-order valence-corrected chi connectivity index (χ2v) is 10.6. The van der Waals surface area contributed by atoms with E-state index in [4.69, 9.17) is 9.05 Å². The highest BCUT2D eigenvalue weighted by atomic mass is 31.2. The molecular weight excluding hydrogens is 385 g/mol. The lowest BCUT2D eigenvalue weighted by molar-refractivity contribution is -0.870. The SMILES string of the molecule is C=CCCCCCCCCCCCCCCCCOP(=O)(O)OCC[N+](C)(C)C. The van der Waals surface area contributed by atoms with Gasteiger partial charge >= 0.3 is 7.82 Å². The highest BCUT2D eigenvalue weighted by Gasteiger charge is 2.21. The van der Waals surface area contributed by atoms with E-state index in [0.717, 1.165) is 12.8 Å². The van der Waals surface area contributed by atoms with Crippen LogP contribution in [0.25, 0.3) is 0 Å². The molecule has 0 saturated carbocycles. The van der Waals surface area contributed by atoms with E-state index in [-0.39, 0.29) is 6.61 Å². The zero-order chi connectivity index (χ0) is 21.8. The first-order valence-electron chi connectivity index (χ1n) is 11.8. The number of phosphoric ester groups is 1. The van der Waals surface area contributed by atoms with Gasteiger partial charge in [-0.1, -0.05) is 83.1 Å². The quantitative estimate of drug-likeness (QED) is 0.0875. The van der Waals surface area contributed by atoms with Crippen molar-refractivity contribution >= 4 is 7.82 Å². The summed E-state index contributed by atoms with van der Waals surface area (Å²) in [5.41, 5.74) is 0. The number of nitrogens with zero attached hydrogens (tertiary/aromatic N) is 1. The number of unbranched alkanes of at least 4 members (excludes halogenated alkanes) is 14. The van der Waals surface area contributed by atoms with Crippen molar-refractivity contribution < 1.29 is 23.0 Å². The predicted octanol–water partition coefficient (Wildman–Crippen LogP) is 6.86. The van der Waals surface area contributed by atoms with Crippen molar-refractivity contribution in [1.82, 2.24) is 0 Å². The maximum atomic E-state index is 11.8. The van der Waals surface area contributed by atoms with Gasteiger partial charge in [-0.15, -0.1) is 6.58 Å². The Kier molecular flexibility index (Phi) is 18.4. The highest BCUT2D eigenvalue weighted by molar-refractivity contribution is 7.47. The van der Waals surface area contributed by atoms with Gasteiger partial charge in [0.25, 0.3) is 0 Å². The molecule has 5 nitrogen and oxygen atoms in total. The summed E-state index contributed by atoms with van der Waals surface area (Å²) < 4.78 is 22.5. The lowest BCUT2D eigenvalue weighted by atomic mass is 10.0. The largest absolute Gasteiger partial charge is 0.472 e. The molecule has 174 valence electrons. The molecule has 0 aliphatic rings. The Morgan fingerprint density at radius 1 is 0.724 bits per heavy atom. The summed E-state index contributed by atoms with van der Waals surface area (Å²) in [5.74, 6) is 0. The number of likely N-dealkylation sites (N-methyl/N-ethyl adjacent to an activating group) is 1. The van der Waals surface area contributed by atoms with E-state index in [1.54, 1.807) is 0 Å². The molecule has 29 heavy (non-hydrogen) atoms. The van der Waals surface area contributed by atoms with Crippen molar-refractivity contribution in [3.8, 4) is 0 Å². The van der Waals surface area contributed by atoms with E-state index in [2.05, 4.69) is 6.58 Å². The summed E-state index contributed by atoms with van der Waals surface area (Å²) in [4.78, 5) is 9.64. The minimum atomic E-state index is -3.88. The summed E-state index contributed by atoms with van der Waals surface area (Å²) in [6, 6.07) is 0. The van der Waals surface area contributed by atoms with Crippen LogP contribution in [0, 0.1) is 0 Å². The molecule has 0 fully saturated rings. The van der Waals surface area contributed by atoms with E-state index < -0.39 is 7.82 Å². The van der Waals surface area contributed by atoms with Crippen LogP contribution in [0.3, 0.4) is 0 Å². The van der Waals surface area contributed by atoms with Crippen LogP contribution in [0.1, 0.15) is 96.3 Å². The molecule has 0 rings (SSSR count). The van der Waals surface area contributed by atoms with Crippen LogP contribution >= 0.6 is 7.82 Å². The maximum absolute atomic E-state index is 11.8. The smallest absolute Gasteiger partial charge is 0.329 e. The fourth-order valence-corrected chi connectivity index (χ4v) is 3.91.